The molecule has 126 valence electrons. The van der Waals surface area contributed by atoms with Crippen molar-refractivity contribution in [2.24, 2.45) is 0 Å². The number of aryl methyl sites for hydroxylation is 1. The van der Waals surface area contributed by atoms with Crippen LogP contribution in [-0.2, 0) is 4.79 Å². The Morgan fingerprint density at radius 3 is 2.72 bits per heavy atom. The normalized spacial score (nSPS) is 11.1. The molecule has 1 N–H and O–H groups in total. The maximum atomic E-state index is 12.3. The highest BCUT2D eigenvalue weighted by Crippen LogP contribution is 2.28. The zero-order chi connectivity index (χ0) is 17.4. The monoisotopic (exact) mass is 368 g/mol. The smallest absolute Gasteiger partial charge is 0.245 e. The third-order valence-electron chi connectivity index (χ3n) is 3.78. The Morgan fingerprint density at radius 2 is 1.88 bits per heavy atom. The van der Waals surface area contributed by atoms with Gasteiger partial charge in [-0.25, -0.2) is 9.97 Å². The van der Waals surface area contributed by atoms with Crippen LogP contribution in [-0.4, -0.2) is 29.5 Å². The van der Waals surface area contributed by atoms with Crippen LogP contribution in [0.3, 0.4) is 0 Å². The molecule has 2 aromatic heterocycles. The number of hydrogen-bond donors (Lipinski definition) is 1. The highest BCUT2D eigenvalue weighted by Gasteiger charge is 2.13. The number of thiazole rings is 2. The van der Waals surface area contributed by atoms with Crippen LogP contribution in [0.15, 0.2) is 42.5 Å². The number of para-hydroxylation sites is 1. The maximum absolute atomic E-state index is 12.3. The van der Waals surface area contributed by atoms with Crippen molar-refractivity contribution in [2.75, 3.05) is 23.8 Å². The average molecular weight is 368 g/mol. The van der Waals surface area contributed by atoms with Gasteiger partial charge in [0.1, 0.15) is 0 Å². The van der Waals surface area contributed by atoms with Crippen molar-refractivity contribution in [3.8, 4) is 0 Å². The number of carbonyl (C=O) groups excluding carboxylic acids is 1. The summed E-state index contributed by atoms with van der Waals surface area (Å²) < 4.78 is 2.20. The fraction of sp³-hybridized carbons (Fsp3) is 0.167. The second-order valence-electron chi connectivity index (χ2n) is 5.86. The van der Waals surface area contributed by atoms with Gasteiger partial charge in [0.25, 0.3) is 0 Å². The number of likely N-dealkylation sites (N-methyl/N-ethyl adjacent to an activating group) is 1. The topological polar surface area (TPSA) is 58.1 Å². The SMILES string of the molecule is Cc1ccc2nc(NC(=O)CN(C)c3nc4ccccc4s3)sc2c1. The number of hydrogen-bond acceptors (Lipinski definition) is 6. The number of fused-ring (bicyclic) bond motifs is 2. The molecule has 2 heterocycles. The molecular formula is C18H16N4OS2. The number of rotatable bonds is 4. The number of aromatic nitrogens is 2. The third kappa shape index (κ3) is 3.33. The molecule has 4 rings (SSSR count). The van der Waals surface area contributed by atoms with Crippen molar-refractivity contribution in [3.63, 3.8) is 0 Å². The van der Waals surface area contributed by atoms with Crippen LogP contribution < -0.4 is 10.2 Å². The lowest BCUT2D eigenvalue weighted by Gasteiger charge is -2.14. The van der Waals surface area contributed by atoms with Crippen LogP contribution in [0, 0.1) is 6.92 Å². The van der Waals surface area contributed by atoms with E-state index < -0.39 is 0 Å². The molecule has 0 saturated heterocycles. The van der Waals surface area contributed by atoms with E-state index in [1.165, 1.54) is 16.9 Å². The fourth-order valence-electron chi connectivity index (χ4n) is 2.55. The Morgan fingerprint density at radius 1 is 1.08 bits per heavy atom. The predicted octanol–water partition coefficient (Wildman–Crippen LogP) is 4.29. The van der Waals surface area contributed by atoms with Crippen LogP contribution in [0.2, 0.25) is 0 Å². The number of nitrogens with one attached hydrogen (secondary N) is 1. The summed E-state index contributed by atoms with van der Waals surface area (Å²) in [5.74, 6) is -0.0995. The lowest BCUT2D eigenvalue weighted by molar-refractivity contribution is -0.114. The molecule has 2 aromatic carbocycles. The largest absolute Gasteiger partial charge is 0.342 e. The van der Waals surface area contributed by atoms with Crippen LogP contribution >= 0.6 is 22.7 Å². The van der Waals surface area contributed by atoms with Gasteiger partial charge in [0.05, 0.1) is 27.0 Å². The predicted molar refractivity (Wildman–Crippen MR) is 106 cm³/mol. The second-order valence-corrected chi connectivity index (χ2v) is 7.90. The summed E-state index contributed by atoms with van der Waals surface area (Å²) in [6, 6.07) is 14.0. The molecule has 0 fully saturated rings. The average Bonchev–Trinajstić information content (AvgIpc) is 3.17. The molecule has 0 radical (unpaired) electrons. The highest BCUT2D eigenvalue weighted by molar-refractivity contribution is 7.22. The first kappa shape index (κ1) is 16.0. The summed E-state index contributed by atoms with van der Waals surface area (Å²) in [6.45, 7) is 2.28. The number of anilines is 2. The molecule has 5 nitrogen and oxygen atoms in total. The van der Waals surface area contributed by atoms with Gasteiger partial charge in [0.2, 0.25) is 5.91 Å². The molecule has 4 aromatic rings. The minimum absolute atomic E-state index is 0.0995. The Balaban J connectivity index is 1.46. The van der Waals surface area contributed by atoms with E-state index in [9.17, 15) is 4.79 Å². The summed E-state index contributed by atoms with van der Waals surface area (Å²) in [5.41, 5.74) is 3.05. The van der Waals surface area contributed by atoms with E-state index in [0.717, 1.165) is 25.6 Å². The minimum Gasteiger partial charge on any atom is -0.342 e. The standard InChI is InChI=1S/C18H16N4OS2/c1-11-7-8-13-15(9-11)24-17(19-13)21-16(23)10-22(2)18-20-12-5-3-4-6-14(12)25-18/h3-9H,10H2,1-2H3,(H,19,21,23). The number of carbonyl (C=O) groups is 1. The lowest BCUT2D eigenvalue weighted by Crippen LogP contribution is -2.29. The molecule has 0 aliphatic rings. The number of benzene rings is 2. The molecule has 0 unspecified atom stereocenters. The van der Waals surface area contributed by atoms with Gasteiger partial charge < -0.3 is 10.2 Å². The van der Waals surface area contributed by atoms with E-state index in [1.54, 1.807) is 11.3 Å². The molecular weight excluding hydrogens is 352 g/mol. The van der Waals surface area contributed by atoms with E-state index in [2.05, 4.69) is 21.4 Å². The Bertz CT molecular complexity index is 1040. The van der Waals surface area contributed by atoms with Gasteiger partial charge in [-0.1, -0.05) is 40.9 Å². The van der Waals surface area contributed by atoms with E-state index in [1.807, 2.05) is 55.3 Å². The first-order valence-corrected chi connectivity index (χ1v) is 9.45. The molecule has 0 aliphatic heterocycles. The van der Waals surface area contributed by atoms with E-state index in [4.69, 9.17) is 0 Å². The van der Waals surface area contributed by atoms with Crippen molar-refractivity contribution in [1.29, 1.82) is 0 Å². The summed E-state index contributed by atoms with van der Waals surface area (Å²) in [6.07, 6.45) is 0. The van der Waals surface area contributed by atoms with Gasteiger partial charge in [0, 0.05) is 7.05 Å². The van der Waals surface area contributed by atoms with Gasteiger partial charge in [-0.15, -0.1) is 0 Å². The quantitative estimate of drug-likeness (QED) is 0.584. The molecule has 0 bridgehead atoms. The van der Waals surface area contributed by atoms with Gasteiger partial charge in [-0.3, -0.25) is 4.79 Å². The van der Waals surface area contributed by atoms with Gasteiger partial charge >= 0.3 is 0 Å². The summed E-state index contributed by atoms with van der Waals surface area (Å²) >= 11 is 3.07. The Hall–Kier alpha value is -2.51. The van der Waals surface area contributed by atoms with Gasteiger partial charge in [-0.2, -0.15) is 0 Å². The molecule has 7 heteroatoms. The lowest BCUT2D eigenvalue weighted by atomic mass is 10.2. The van der Waals surface area contributed by atoms with Crippen molar-refractivity contribution in [3.05, 3.63) is 48.0 Å². The summed E-state index contributed by atoms with van der Waals surface area (Å²) in [4.78, 5) is 23.2. The minimum atomic E-state index is -0.0995. The van der Waals surface area contributed by atoms with Crippen LogP contribution in [0.25, 0.3) is 20.4 Å². The number of amides is 1. The zero-order valence-corrected chi connectivity index (χ0v) is 15.4. The maximum Gasteiger partial charge on any atom is 0.245 e. The summed E-state index contributed by atoms with van der Waals surface area (Å²) in [7, 11) is 1.87. The van der Waals surface area contributed by atoms with Crippen molar-refractivity contribution in [1.82, 2.24) is 9.97 Å². The molecule has 1 amide bonds. The summed E-state index contributed by atoms with van der Waals surface area (Å²) in [5, 5.41) is 4.35. The van der Waals surface area contributed by atoms with E-state index in [-0.39, 0.29) is 12.5 Å². The molecule has 0 spiro atoms. The highest BCUT2D eigenvalue weighted by atomic mass is 32.1. The first-order valence-electron chi connectivity index (χ1n) is 7.82. The third-order valence-corrected chi connectivity index (χ3v) is 5.86. The first-order chi connectivity index (χ1) is 12.1. The number of nitrogens with zero attached hydrogens (tertiary/aromatic N) is 3. The van der Waals surface area contributed by atoms with Crippen LogP contribution in [0.1, 0.15) is 5.56 Å². The van der Waals surface area contributed by atoms with E-state index >= 15 is 0 Å². The van der Waals surface area contributed by atoms with Crippen LogP contribution in [0.4, 0.5) is 10.3 Å². The van der Waals surface area contributed by atoms with Crippen molar-refractivity contribution < 1.29 is 4.79 Å². The van der Waals surface area contributed by atoms with Crippen molar-refractivity contribution >= 4 is 59.3 Å². The van der Waals surface area contributed by atoms with E-state index in [0.29, 0.717) is 5.13 Å². The fourth-order valence-corrected chi connectivity index (χ4v) is 4.46. The van der Waals surface area contributed by atoms with Crippen molar-refractivity contribution in [2.45, 2.75) is 6.92 Å². The zero-order valence-electron chi connectivity index (χ0n) is 13.8. The van der Waals surface area contributed by atoms with Crippen LogP contribution in [0.5, 0.6) is 0 Å². The van der Waals surface area contributed by atoms with Gasteiger partial charge in [0.15, 0.2) is 10.3 Å². The Labute approximate surface area is 153 Å². The molecule has 0 saturated carbocycles. The molecule has 25 heavy (non-hydrogen) atoms. The Kier molecular flexibility index (Phi) is 4.10. The molecule has 0 atom stereocenters. The molecule has 0 aliphatic carbocycles. The van der Waals surface area contributed by atoms with Gasteiger partial charge in [-0.05, 0) is 36.8 Å². The second kappa shape index (κ2) is 6.42.